The van der Waals surface area contributed by atoms with E-state index in [1.807, 2.05) is 16.5 Å². The van der Waals surface area contributed by atoms with Crippen molar-refractivity contribution in [1.82, 2.24) is 19.4 Å². The van der Waals surface area contributed by atoms with Crippen molar-refractivity contribution >= 4 is 28.5 Å². The van der Waals surface area contributed by atoms with E-state index in [4.69, 9.17) is 16.3 Å². The fourth-order valence-electron chi connectivity index (χ4n) is 3.11. The van der Waals surface area contributed by atoms with E-state index in [-0.39, 0.29) is 5.91 Å². The third kappa shape index (κ3) is 2.93. The molecule has 0 atom stereocenters. The van der Waals surface area contributed by atoms with Gasteiger partial charge in [0.15, 0.2) is 5.52 Å². The highest BCUT2D eigenvalue weighted by atomic mass is 35.5. The van der Waals surface area contributed by atoms with Crippen LogP contribution in [0.3, 0.4) is 0 Å². The Balaban J connectivity index is 1.76. The Morgan fingerprint density at radius 3 is 2.80 bits per heavy atom. The van der Waals surface area contributed by atoms with Crippen LogP contribution in [0, 0.1) is 0 Å². The first kappa shape index (κ1) is 15.9. The van der Waals surface area contributed by atoms with Gasteiger partial charge in [-0.2, -0.15) is 0 Å². The summed E-state index contributed by atoms with van der Waals surface area (Å²) in [5.74, 6) is 0.925. The summed E-state index contributed by atoms with van der Waals surface area (Å²) in [5, 5.41) is 0.579. The fourth-order valence-corrected chi connectivity index (χ4v) is 3.29. The predicted molar refractivity (Wildman–Crippen MR) is 95.2 cm³/mol. The number of aryl methyl sites for hydroxylation is 1. The summed E-state index contributed by atoms with van der Waals surface area (Å²) in [6, 6.07) is 7.08. The largest absolute Gasteiger partial charge is 0.437 e. The quantitative estimate of drug-likeness (QED) is 0.718. The predicted octanol–water partition coefficient (Wildman–Crippen LogP) is 3.65. The van der Waals surface area contributed by atoms with Crippen LogP contribution in [0.15, 0.2) is 36.8 Å². The van der Waals surface area contributed by atoms with Crippen molar-refractivity contribution in [3.63, 3.8) is 0 Å². The first-order valence-electron chi connectivity index (χ1n) is 8.16. The fraction of sp³-hybridized carbons (Fsp3) is 0.278. The average Bonchev–Trinajstić information content (AvgIpc) is 3.25. The maximum absolute atomic E-state index is 12.8. The smallest absolute Gasteiger partial charge is 0.257 e. The van der Waals surface area contributed by atoms with Gasteiger partial charge < -0.3 is 14.2 Å². The van der Waals surface area contributed by atoms with Crippen molar-refractivity contribution in [3.05, 3.63) is 47.4 Å². The number of fused-ring (bicyclic) bond motifs is 1. The number of amides is 1. The Labute approximate surface area is 150 Å². The van der Waals surface area contributed by atoms with E-state index in [1.54, 1.807) is 36.8 Å². The number of rotatable bonds is 3. The molecule has 0 aliphatic carbocycles. The van der Waals surface area contributed by atoms with Gasteiger partial charge in [0, 0.05) is 31.4 Å². The van der Waals surface area contributed by atoms with E-state index in [1.165, 1.54) is 0 Å². The third-order valence-corrected chi connectivity index (χ3v) is 4.58. The molecular formula is C18H17ClN4O2. The van der Waals surface area contributed by atoms with Crippen molar-refractivity contribution < 1.29 is 9.53 Å². The number of likely N-dealkylation sites (tertiary alicyclic amines) is 1. The summed E-state index contributed by atoms with van der Waals surface area (Å²) >= 11 is 6.00. The Morgan fingerprint density at radius 2 is 2.04 bits per heavy atom. The molecule has 128 valence electrons. The minimum absolute atomic E-state index is 0.00657. The molecular weight excluding hydrogens is 340 g/mol. The van der Waals surface area contributed by atoms with Gasteiger partial charge >= 0.3 is 0 Å². The number of hydrogen-bond acceptors (Lipinski definition) is 4. The van der Waals surface area contributed by atoms with E-state index in [0.29, 0.717) is 27.7 Å². The van der Waals surface area contributed by atoms with Crippen LogP contribution >= 0.6 is 11.6 Å². The van der Waals surface area contributed by atoms with Gasteiger partial charge in [-0.15, -0.1) is 0 Å². The van der Waals surface area contributed by atoms with Crippen LogP contribution < -0.4 is 4.74 Å². The molecule has 1 saturated heterocycles. The van der Waals surface area contributed by atoms with Crippen molar-refractivity contribution in [1.29, 1.82) is 0 Å². The molecule has 0 saturated carbocycles. The molecule has 3 aromatic rings. The highest BCUT2D eigenvalue weighted by Crippen LogP contribution is 2.30. The second-order valence-corrected chi connectivity index (χ2v) is 6.52. The van der Waals surface area contributed by atoms with Crippen molar-refractivity contribution in [2.75, 3.05) is 13.1 Å². The van der Waals surface area contributed by atoms with Crippen LogP contribution in [-0.2, 0) is 7.05 Å². The van der Waals surface area contributed by atoms with Gasteiger partial charge in [0.1, 0.15) is 5.75 Å². The zero-order valence-electron chi connectivity index (χ0n) is 13.8. The topological polar surface area (TPSA) is 60.2 Å². The first-order chi connectivity index (χ1) is 12.1. The van der Waals surface area contributed by atoms with Crippen LogP contribution in [-0.4, -0.2) is 38.4 Å². The minimum atomic E-state index is -0.00657. The summed E-state index contributed by atoms with van der Waals surface area (Å²) < 4.78 is 7.67. The molecule has 1 aromatic carbocycles. The lowest BCUT2D eigenvalue weighted by atomic mass is 10.2. The molecule has 0 bridgehead atoms. The van der Waals surface area contributed by atoms with Gasteiger partial charge in [-0.05, 0) is 31.0 Å². The number of aromatic nitrogens is 3. The highest BCUT2D eigenvalue weighted by molar-refractivity contribution is 6.30. The summed E-state index contributed by atoms with van der Waals surface area (Å²) in [6.45, 7) is 1.58. The van der Waals surface area contributed by atoms with Crippen LogP contribution in [0.4, 0.5) is 0 Å². The molecule has 1 fully saturated rings. The van der Waals surface area contributed by atoms with E-state index in [2.05, 4.69) is 9.97 Å². The maximum atomic E-state index is 12.8. The molecule has 7 heteroatoms. The van der Waals surface area contributed by atoms with Gasteiger partial charge in [0.2, 0.25) is 5.88 Å². The lowest BCUT2D eigenvalue weighted by Crippen LogP contribution is -2.28. The summed E-state index contributed by atoms with van der Waals surface area (Å²) in [7, 11) is 1.86. The van der Waals surface area contributed by atoms with Crippen molar-refractivity contribution in [3.8, 4) is 11.6 Å². The molecule has 1 aliphatic heterocycles. The molecule has 4 rings (SSSR count). The van der Waals surface area contributed by atoms with Crippen LogP contribution in [0.5, 0.6) is 11.6 Å². The lowest BCUT2D eigenvalue weighted by Gasteiger charge is -2.16. The zero-order chi connectivity index (χ0) is 17.4. The number of ether oxygens (including phenoxy) is 1. The zero-order valence-corrected chi connectivity index (χ0v) is 14.5. The average molecular weight is 357 g/mol. The second kappa shape index (κ2) is 6.37. The molecule has 6 nitrogen and oxygen atoms in total. The van der Waals surface area contributed by atoms with Gasteiger partial charge in [0.25, 0.3) is 5.91 Å². The standard InChI is InChI=1S/C18H17ClN4O2/c1-22-11-21-15-16(22)14(18(24)23-7-2-3-8-23)10-20-17(15)25-13-6-4-5-12(19)9-13/h4-6,9-11H,2-3,7-8H2,1H3. The Hall–Kier alpha value is -2.60. The Morgan fingerprint density at radius 1 is 1.24 bits per heavy atom. The number of carbonyl (C=O) groups excluding carboxylic acids is 1. The summed E-state index contributed by atoms with van der Waals surface area (Å²) in [6.07, 6.45) is 5.33. The number of hydrogen-bond donors (Lipinski definition) is 0. The summed E-state index contributed by atoms with van der Waals surface area (Å²) in [4.78, 5) is 23.4. The number of nitrogens with zero attached hydrogens (tertiary/aromatic N) is 4. The van der Waals surface area contributed by atoms with Crippen LogP contribution in [0.25, 0.3) is 11.0 Å². The van der Waals surface area contributed by atoms with E-state index >= 15 is 0 Å². The van der Waals surface area contributed by atoms with Gasteiger partial charge in [-0.25, -0.2) is 9.97 Å². The number of carbonyl (C=O) groups is 1. The van der Waals surface area contributed by atoms with Gasteiger partial charge in [-0.1, -0.05) is 17.7 Å². The molecule has 2 aromatic heterocycles. The SMILES string of the molecule is Cn1cnc2c(Oc3cccc(Cl)c3)ncc(C(=O)N3CCCC3)c21. The monoisotopic (exact) mass is 356 g/mol. The molecule has 0 N–H and O–H groups in total. The van der Waals surface area contributed by atoms with Gasteiger partial charge in [-0.3, -0.25) is 4.79 Å². The number of pyridine rings is 1. The van der Waals surface area contributed by atoms with Crippen LogP contribution in [0.1, 0.15) is 23.2 Å². The second-order valence-electron chi connectivity index (χ2n) is 6.09. The van der Waals surface area contributed by atoms with Crippen molar-refractivity contribution in [2.45, 2.75) is 12.8 Å². The Kier molecular flexibility index (Phi) is 4.05. The minimum Gasteiger partial charge on any atom is -0.437 e. The third-order valence-electron chi connectivity index (χ3n) is 4.34. The molecule has 1 amide bonds. The lowest BCUT2D eigenvalue weighted by molar-refractivity contribution is 0.0794. The Bertz CT molecular complexity index is 947. The van der Waals surface area contributed by atoms with E-state index < -0.39 is 0 Å². The molecule has 0 unspecified atom stereocenters. The number of benzene rings is 1. The molecule has 1 aliphatic rings. The van der Waals surface area contributed by atoms with Crippen LogP contribution in [0.2, 0.25) is 5.02 Å². The number of halogens is 1. The molecule has 0 radical (unpaired) electrons. The molecule has 0 spiro atoms. The summed E-state index contributed by atoms with van der Waals surface area (Å²) in [5.41, 5.74) is 1.84. The molecule has 25 heavy (non-hydrogen) atoms. The van der Waals surface area contributed by atoms with E-state index in [0.717, 1.165) is 31.4 Å². The van der Waals surface area contributed by atoms with Crippen molar-refractivity contribution in [2.24, 2.45) is 7.05 Å². The van der Waals surface area contributed by atoms with E-state index in [9.17, 15) is 4.79 Å². The maximum Gasteiger partial charge on any atom is 0.257 e. The normalized spacial score (nSPS) is 14.2. The molecule has 3 heterocycles. The first-order valence-corrected chi connectivity index (χ1v) is 8.54. The van der Waals surface area contributed by atoms with Gasteiger partial charge in [0.05, 0.1) is 17.4 Å². The number of imidazole rings is 1. The highest BCUT2D eigenvalue weighted by Gasteiger charge is 2.24.